The molecule has 0 saturated carbocycles. The summed E-state index contributed by atoms with van der Waals surface area (Å²) in [5.41, 5.74) is 0. The molecule has 4 rings (SSSR count). The number of rotatable bonds is 3. The second-order valence-electron chi connectivity index (χ2n) is 6.42. The number of piperidine rings is 1. The molecule has 25 heavy (non-hydrogen) atoms. The lowest BCUT2D eigenvalue weighted by molar-refractivity contribution is -0.139. The Bertz CT molecular complexity index is 696. The number of carbonyl (C=O) groups is 1. The standard InChI is InChI=1S/C17H22N6O2/c24-17(21-9-11-25-12-10-21)14-3-1-7-22(13-14)15-4-5-16(20-19-15)23-8-2-6-18-23/h2,4-6,8,14H,1,3,7,9-13H2. The average Bonchev–Trinajstić information content (AvgIpc) is 3.23. The Morgan fingerprint density at radius 1 is 1.12 bits per heavy atom. The SMILES string of the molecule is O=C(C1CCCN(c2ccc(-n3cccn3)nn2)C1)N1CCOCC1. The van der Waals surface area contributed by atoms with Crippen molar-refractivity contribution in [1.29, 1.82) is 0 Å². The van der Waals surface area contributed by atoms with Crippen molar-refractivity contribution in [3.05, 3.63) is 30.6 Å². The monoisotopic (exact) mass is 342 g/mol. The van der Waals surface area contributed by atoms with Gasteiger partial charge in [-0.2, -0.15) is 5.10 Å². The average molecular weight is 342 g/mol. The molecule has 2 aliphatic heterocycles. The van der Waals surface area contributed by atoms with E-state index >= 15 is 0 Å². The minimum atomic E-state index is 0.0273. The van der Waals surface area contributed by atoms with Crippen LogP contribution in [0.25, 0.3) is 5.82 Å². The molecule has 0 aliphatic carbocycles. The summed E-state index contributed by atoms with van der Waals surface area (Å²) in [6.45, 7) is 4.29. The van der Waals surface area contributed by atoms with E-state index in [-0.39, 0.29) is 11.8 Å². The summed E-state index contributed by atoms with van der Waals surface area (Å²) >= 11 is 0. The Morgan fingerprint density at radius 2 is 1.92 bits per heavy atom. The molecule has 0 radical (unpaired) electrons. The number of carbonyl (C=O) groups excluding carboxylic acids is 1. The highest BCUT2D eigenvalue weighted by atomic mass is 16.5. The van der Waals surface area contributed by atoms with Gasteiger partial charge in [-0.15, -0.1) is 10.2 Å². The van der Waals surface area contributed by atoms with Crippen LogP contribution in [0.15, 0.2) is 30.6 Å². The summed E-state index contributed by atoms with van der Waals surface area (Å²) in [4.78, 5) is 16.8. The van der Waals surface area contributed by atoms with Crippen LogP contribution in [0, 0.1) is 5.92 Å². The van der Waals surface area contributed by atoms with Crippen LogP contribution in [0.3, 0.4) is 0 Å². The van der Waals surface area contributed by atoms with Gasteiger partial charge in [0.25, 0.3) is 0 Å². The van der Waals surface area contributed by atoms with Crippen LogP contribution >= 0.6 is 0 Å². The molecule has 132 valence electrons. The number of nitrogens with zero attached hydrogens (tertiary/aromatic N) is 6. The Balaban J connectivity index is 1.43. The molecule has 1 unspecified atom stereocenters. The largest absolute Gasteiger partial charge is 0.378 e. The zero-order valence-corrected chi connectivity index (χ0v) is 14.1. The second-order valence-corrected chi connectivity index (χ2v) is 6.42. The van der Waals surface area contributed by atoms with Gasteiger partial charge in [-0.25, -0.2) is 4.68 Å². The number of amides is 1. The number of aromatic nitrogens is 4. The summed E-state index contributed by atoms with van der Waals surface area (Å²) in [5, 5.41) is 12.7. The van der Waals surface area contributed by atoms with Gasteiger partial charge in [0.2, 0.25) is 5.91 Å². The Kier molecular flexibility index (Phi) is 4.60. The highest BCUT2D eigenvalue weighted by molar-refractivity contribution is 5.79. The van der Waals surface area contributed by atoms with Crippen molar-refractivity contribution >= 4 is 11.7 Å². The fraction of sp³-hybridized carbons (Fsp3) is 0.529. The highest BCUT2D eigenvalue weighted by Crippen LogP contribution is 2.23. The van der Waals surface area contributed by atoms with E-state index in [9.17, 15) is 4.79 Å². The fourth-order valence-electron chi connectivity index (χ4n) is 3.44. The van der Waals surface area contributed by atoms with Gasteiger partial charge in [-0.3, -0.25) is 4.79 Å². The minimum Gasteiger partial charge on any atom is -0.378 e. The molecule has 2 aromatic heterocycles. The van der Waals surface area contributed by atoms with Gasteiger partial charge < -0.3 is 14.5 Å². The molecular weight excluding hydrogens is 320 g/mol. The van der Waals surface area contributed by atoms with Crippen molar-refractivity contribution in [2.24, 2.45) is 5.92 Å². The number of anilines is 1. The molecule has 0 spiro atoms. The molecule has 2 saturated heterocycles. The van der Waals surface area contributed by atoms with Gasteiger partial charge in [-0.05, 0) is 31.0 Å². The van der Waals surface area contributed by atoms with Gasteiger partial charge in [0.1, 0.15) is 0 Å². The van der Waals surface area contributed by atoms with E-state index in [0.717, 1.165) is 25.2 Å². The normalized spacial score (nSPS) is 21.4. The molecule has 2 aliphatic rings. The van der Waals surface area contributed by atoms with Crippen LogP contribution in [-0.4, -0.2) is 70.2 Å². The molecule has 1 amide bonds. The van der Waals surface area contributed by atoms with Gasteiger partial charge in [0.15, 0.2) is 11.6 Å². The van der Waals surface area contributed by atoms with Crippen LogP contribution in [0.2, 0.25) is 0 Å². The maximum absolute atomic E-state index is 12.7. The molecule has 8 heteroatoms. The highest BCUT2D eigenvalue weighted by Gasteiger charge is 2.30. The van der Waals surface area contributed by atoms with E-state index in [4.69, 9.17) is 4.74 Å². The first-order valence-electron chi connectivity index (χ1n) is 8.76. The van der Waals surface area contributed by atoms with Crippen molar-refractivity contribution < 1.29 is 9.53 Å². The minimum absolute atomic E-state index is 0.0273. The third-order valence-corrected chi connectivity index (χ3v) is 4.79. The summed E-state index contributed by atoms with van der Waals surface area (Å²) in [5.74, 6) is 1.77. The fourth-order valence-corrected chi connectivity index (χ4v) is 3.44. The quantitative estimate of drug-likeness (QED) is 0.819. The first-order chi connectivity index (χ1) is 12.3. The molecule has 2 fully saturated rings. The maximum Gasteiger partial charge on any atom is 0.227 e. The summed E-state index contributed by atoms with van der Waals surface area (Å²) < 4.78 is 7.02. The summed E-state index contributed by atoms with van der Waals surface area (Å²) in [6.07, 6.45) is 5.47. The van der Waals surface area contributed by atoms with Crippen LogP contribution in [0.4, 0.5) is 5.82 Å². The van der Waals surface area contributed by atoms with Crippen LogP contribution < -0.4 is 4.90 Å². The van der Waals surface area contributed by atoms with E-state index in [1.165, 1.54) is 0 Å². The van der Waals surface area contributed by atoms with Crippen LogP contribution in [0.5, 0.6) is 0 Å². The zero-order chi connectivity index (χ0) is 17.1. The molecule has 0 aromatic carbocycles. The van der Waals surface area contributed by atoms with E-state index < -0.39 is 0 Å². The van der Waals surface area contributed by atoms with Crippen molar-refractivity contribution in [1.82, 2.24) is 24.9 Å². The summed E-state index contributed by atoms with van der Waals surface area (Å²) in [7, 11) is 0. The van der Waals surface area contributed by atoms with Gasteiger partial charge in [0.05, 0.1) is 19.1 Å². The first kappa shape index (κ1) is 16.0. The van der Waals surface area contributed by atoms with E-state index in [1.807, 2.05) is 29.3 Å². The molecule has 1 atom stereocenters. The van der Waals surface area contributed by atoms with E-state index in [2.05, 4.69) is 20.2 Å². The van der Waals surface area contributed by atoms with Crippen LogP contribution in [-0.2, 0) is 9.53 Å². The lowest BCUT2D eigenvalue weighted by atomic mass is 9.96. The second kappa shape index (κ2) is 7.18. The summed E-state index contributed by atoms with van der Waals surface area (Å²) in [6, 6.07) is 5.70. The lowest BCUT2D eigenvalue weighted by Gasteiger charge is -2.36. The number of hydrogen-bond acceptors (Lipinski definition) is 6. The lowest BCUT2D eigenvalue weighted by Crippen LogP contribution is -2.48. The maximum atomic E-state index is 12.7. The van der Waals surface area contributed by atoms with Crippen molar-refractivity contribution in [2.45, 2.75) is 12.8 Å². The van der Waals surface area contributed by atoms with Gasteiger partial charge in [0, 0.05) is 38.6 Å². The van der Waals surface area contributed by atoms with E-state index in [0.29, 0.717) is 38.7 Å². The Morgan fingerprint density at radius 3 is 2.64 bits per heavy atom. The Labute approximate surface area is 146 Å². The van der Waals surface area contributed by atoms with Crippen molar-refractivity contribution in [2.75, 3.05) is 44.3 Å². The smallest absolute Gasteiger partial charge is 0.227 e. The predicted molar refractivity (Wildman–Crippen MR) is 91.5 cm³/mol. The van der Waals surface area contributed by atoms with Crippen LogP contribution in [0.1, 0.15) is 12.8 Å². The molecule has 0 N–H and O–H groups in total. The number of hydrogen-bond donors (Lipinski definition) is 0. The third-order valence-electron chi connectivity index (χ3n) is 4.79. The predicted octanol–water partition coefficient (Wildman–Crippen LogP) is 0.737. The topological polar surface area (TPSA) is 76.4 Å². The zero-order valence-electron chi connectivity index (χ0n) is 14.1. The molecule has 0 bridgehead atoms. The molecular formula is C17H22N6O2. The Hall–Kier alpha value is -2.48. The third kappa shape index (κ3) is 3.48. The molecule has 4 heterocycles. The van der Waals surface area contributed by atoms with Gasteiger partial charge in [-0.1, -0.05) is 0 Å². The van der Waals surface area contributed by atoms with E-state index in [1.54, 1.807) is 10.9 Å². The number of morpholine rings is 1. The molecule has 2 aromatic rings. The molecule has 8 nitrogen and oxygen atoms in total. The number of ether oxygens (including phenoxy) is 1. The van der Waals surface area contributed by atoms with Crippen molar-refractivity contribution in [3.63, 3.8) is 0 Å². The van der Waals surface area contributed by atoms with Gasteiger partial charge >= 0.3 is 0 Å². The van der Waals surface area contributed by atoms with Crippen molar-refractivity contribution in [3.8, 4) is 5.82 Å². The first-order valence-corrected chi connectivity index (χ1v) is 8.76.